The lowest BCUT2D eigenvalue weighted by Gasteiger charge is -2.30. The fourth-order valence-electron chi connectivity index (χ4n) is 1.79. The van der Waals surface area contributed by atoms with Crippen molar-refractivity contribution in [3.63, 3.8) is 0 Å². The van der Waals surface area contributed by atoms with Gasteiger partial charge >= 0.3 is 12.0 Å². The van der Waals surface area contributed by atoms with E-state index in [1.54, 1.807) is 25.8 Å². The van der Waals surface area contributed by atoms with Crippen molar-refractivity contribution < 1.29 is 14.7 Å². The summed E-state index contributed by atoms with van der Waals surface area (Å²) in [7, 11) is 1.77. The van der Waals surface area contributed by atoms with Gasteiger partial charge in [0.25, 0.3) is 0 Å². The molecule has 0 radical (unpaired) electrons. The van der Waals surface area contributed by atoms with E-state index >= 15 is 0 Å². The van der Waals surface area contributed by atoms with E-state index in [1.165, 1.54) is 0 Å². The highest BCUT2D eigenvalue weighted by molar-refractivity contribution is 7.99. The third-order valence-corrected chi connectivity index (χ3v) is 3.96. The van der Waals surface area contributed by atoms with Gasteiger partial charge in [0.15, 0.2) is 0 Å². The Labute approximate surface area is 106 Å². The molecule has 17 heavy (non-hydrogen) atoms. The van der Waals surface area contributed by atoms with E-state index in [-0.39, 0.29) is 18.5 Å². The first-order valence-corrected chi connectivity index (χ1v) is 6.82. The van der Waals surface area contributed by atoms with Gasteiger partial charge in [0.05, 0.1) is 6.42 Å². The van der Waals surface area contributed by atoms with E-state index in [4.69, 9.17) is 5.11 Å². The summed E-state index contributed by atoms with van der Waals surface area (Å²) < 4.78 is 0. The molecule has 1 atom stereocenters. The predicted molar refractivity (Wildman–Crippen MR) is 68.4 cm³/mol. The number of urea groups is 1. The summed E-state index contributed by atoms with van der Waals surface area (Å²) in [6.45, 7) is 3.44. The molecule has 1 saturated heterocycles. The molecule has 5 nitrogen and oxygen atoms in total. The van der Waals surface area contributed by atoms with Crippen LogP contribution in [-0.4, -0.2) is 52.1 Å². The third kappa shape index (κ3) is 4.46. The number of nitrogens with zero attached hydrogens (tertiary/aromatic N) is 1. The van der Waals surface area contributed by atoms with Crippen LogP contribution in [0.3, 0.4) is 0 Å². The number of carbonyl (C=O) groups excluding carboxylic acids is 1. The first-order valence-electron chi connectivity index (χ1n) is 5.66. The van der Waals surface area contributed by atoms with Gasteiger partial charge in [0.1, 0.15) is 0 Å². The summed E-state index contributed by atoms with van der Waals surface area (Å²) in [6, 6.07) is 0.0735. The summed E-state index contributed by atoms with van der Waals surface area (Å²) in [5, 5.41) is 11.5. The second-order valence-corrected chi connectivity index (χ2v) is 6.16. The average molecular weight is 260 g/mol. The summed E-state index contributed by atoms with van der Waals surface area (Å²) >= 11 is 1.84. The van der Waals surface area contributed by atoms with Gasteiger partial charge in [-0.2, -0.15) is 11.8 Å². The molecule has 1 fully saturated rings. The maximum Gasteiger partial charge on any atom is 0.317 e. The number of aliphatic carboxylic acids is 1. The van der Waals surface area contributed by atoms with E-state index < -0.39 is 11.5 Å². The highest BCUT2D eigenvalue weighted by atomic mass is 32.2. The minimum atomic E-state index is -0.908. The Bertz CT molecular complexity index is 301. The number of rotatable bonds is 4. The van der Waals surface area contributed by atoms with Crippen LogP contribution in [0.4, 0.5) is 4.79 Å². The van der Waals surface area contributed by atoms with E-state index in [0.29, 0.717) is 0 Å². The molecule has 0 spiro atoms. The normalized spacial score (nSPS) is 20.1. The molecule has 1 heterocycles. The molecule has 2 N–H and O–H groups in total. The lowest BCUT2D eigenvalue weighted by molar-refractivity contribution is -0.138. The van der Waals surface area contributed by atoms with Crippen LogP contribution in [-0.2, 0) is 4.79 Å². The lowest BCUT2D eigenvalue weighted by atomic mass is 10.0. The van der Waals surface area contributed by atoms with Crippen LogP contribution in [0.15, 0.2) is 0 Å². The number of hydrogen-bond acceptors (Lipinski definition) is 3. The standard InChI is InChI=1S/C11H20N2O3S/c1-11(2,6-9(14)15)12-10(16)13(3)8-4-5-17-7-8/h8H,4-7H2,1-3H3,(H,12,16)(H,14,15). The van der Waals surface area contributed by atoms with Crippen LogP contribution in [0.2, 0.25) is 0 Å². The zero-order valence-electron chi connectivity index (χ0n) is 10.5. The summed E-state index contributed by atoms with van der Waals surface area (Å²) in [5.74, 6) is 1.14. The van der Waals surface area contributed by atoms with Crippen molar-refractivity contribution in [3.8, 4) is 0 Å². The Hall–Kier alpha value is -0.910. The van der Waals surface area contributed by atoms with Crippen molar-refractivity contribution in [1.29, 1.82) is 0 Å². The zero-order chi connectivity index (χ0) is 13.1. The Balaban J connectivity index is 2.49. The van der Waals surface area contributed by atoms with Crippen LogP contribution < -0.4 is 5.32 Å². The molecule has 0 saturated carbocycles. The highest BCUT2D eigenvalue weighted by Gasteiger charge is 2.29. The van der Waals surface area contributed by atoms with Crippen LogP contribution in [0, 0.1) is 0 Å². The van der Waals surface area contributed by atoms with Crippen molar-refractivity contribution in [3.05, 3.63) is 0 Å². The lowest BCUT2D eigenvalue weighted by Crippen LogP contribution is -2.52. The summed E-state index contributed by atoms with van der Waals surface area (Å²) in [4.78, 5) is 24.3. The molecule has 0 bridgehead atoms. The molecule has 0 aromatic heterocycles. The van der Waals surface area contributed by atoms with Gasteiger partial charge in [-0.3, -0.25) is 4.79 Å². The number of carboxylic acid groups (broad SMARTS) is 1. The van der Waals surface area contributed by atoms with Gasteiger partial charge in [-0.25, -0.2) is 4.79 Å². The fraction of sp³-hybridized carbons (Fsp3) is 0.818. The molecule has 1 unspecified atom stereocenters. The molecule has 0 aromatic carbocycles. The zero-order valence-corrected chi connectivity index (χ0v) is 11.3. The number of thioether (sulfide) groups is 1. The molecular formula is C11H20N2O3S. The molecule has 98 valence electrons. The van der Waals surface area contributed by atoms with Crippen LogP contribution in [0.5, 0.6) is 0 Å². The van der Waals surface area contributed by atoms with Crippen molar-refractivity contribution in [2.45, 2.75) is 38.3 Å². The maximum atomic E-state index is 11.9. The maximum absolute atomic E-state index is 11.9. The average Bonchev–Trinajstić information content (AvgIpc) is 2.65. The molecule has 2 amide bonds. The first kappa shape index (κ1) is 14.2. The number of amides is 2. The van der Waals surface area contributed by atoms with Crippen LogP contribution in [0.25, 0.3) is 0 Å². The number of hydrogen-bond donors (Lipinski definition) is 2. The van der Waals surface area contributed by atoms with E-state index in [0.717, 1.165) is 17.9 Å². The number of carbonyl (C=O) groups is 2. The molecule has 1 aliphatic rings. The molecule has 0 aromatic rings. The number of carboxylic acids is 1. The molecule has 1 aliphatic heterocycles. The molecular weight excluding hydrogens is 240 g/mol. The Morgan fingerprint density at radius 3 is 2.65 bits per heavy atom. The van der Waals surface area contributed by atoms with Crippen LogP contribution >= 0.6 is 11.8 Å². The third-order valence-electron chi connectivity index (χ3n) is 2.81. The van der Waals surface area contributed by atoms with Gasteiger partial charge in [-0.15, -0.1) is 0 Å². The topological polar surface area (TPSA) is 69.6 Å². The molecule has 0 aliphatic carbocycles. The van der Waals surface area contributed by atoms with Gasteiger partial charge in [-0.1, -0.05) is 0 Å². The SMILES string of the molecule is CN(C(=O)NC(C)(C)CC(=O)O)C1CCSC1. The fourth-order valence-corrected chi connectivity index (χ4v) is 3.06. The minimum Gasteiger partial charge on any atom is -0.481 e. The molecule has 6 heteroatoms. The summed E-state index contributed by atoms with van der Waals surface area (Å²) in [5.41, 5.74) is -0.719. The Morgan fingerprint density at radius 2 is 2.18 bits per heavy atom. The Morgan fingerprint density at radius 1 is 1.53 bits per heavy atom. The smallest absolute Gasteiger partial charge is 0.317 e. The van der Waals surface area contributed by atoms with E-state index in [1.807, 2.05) is 11.8 Å². The molecule has 1 rings (SSSR count). The highest BCUT2D eigenvalue weighted by Crippen LogP contribution is 2.21. The van der Waals surface area contributed by atoms with Gasteiger partial charge in [0.2, 0.25) is 0 Å². The van der Waals surface area contributed by atoms with Crippen LogP contribution in [0.1, 0.15) is 26.7 Å². The second-order valence-electron chi connectivity index (χ2n) is 5.01. The van der Waals surface area contributed by atoms with Gasteiger partial charge < -0.3 is 15.3 Å². The van der Waals surface area contributed by atoms with Gasteiger partial charge in [0, 0.05) is 24.4 Å². The second kappa shape index (κ2) is 5.62. The van der Waals surface area contributed by atoms with Crippen molar-refractivity contribution in [1.82, 2.24) is 10.2 Å². The predicted octanol–water partition coefficient (Wildman–Crippen LogP) is 1.39. The largest absolute Gasteiger partial charge is 0.481 e. The number of nitrogens with one attached hydrogen (secondary N) is 1. The summed E-state index contributed by atoms with van der Waals surface area (Å²) in [6.07, 6.45) is 0.930. The first-order chi connectivity index (χ1) is 7.82. The quantitative estimate of drug-likeness (QED) is 0.801. The Kier molecular flexibility index (Phi) is 4.68. The monoisotopic (exact) mass is 260 g/mol. The van der Waals surface area contributed by atoms with Crippen molar-refractivity contribution >= 4 is 23.8 Å². The van der Waals surface area contributed by atoms with Gasteiger partial charge in [-0.05, 0) is 26.0 Å². The van der Waals surface area contributed by atoms with Crippen molar-refractivity contribution in [2.24, 2.45) is 0 Å². The van der Waals surface area contributed by atoms with E-state index in [2.05, 4.69) is 5.32 Å². The minimum absolute atomic E-state index is 0.0774. The van der Waals surface area contributed by atoms with Crippen molar-refractivity contribution in [2.75, 3.05) is 18.6 Å². The van der Waals surface area contributed by atoms with E-state index in [9.17, 15) is 9.59 Å².